The molecule has 12 aromatic carbocycles. The van der Waals surface area contributed by atoms with E-state index in [0.29, 0.717) is 25.7 Å². The highest BCUT2D eigenvalue weighted by molar-refractivity contribution is 7.89. The van der Waals surface area contributed by atoms with Crippen LogP contribution in [0.4, 0.5) is 11.4 Å². The largest absolute Gasteiger partial charge is 0.367 e. The molecule has 0 fully saturated rings. The van der Waals surface area contributed by atoms with Crippen LogP contribution < -0.4 is 47.8 Å². The molecule has 0 bridgehead atoms. The summed E-state index contributed by atoms with van der Waals surface area (Å²) in [6, 6.07) is 117. The number of hydrogen-bond donors (Lipinski definition) is 3. The number of anilines is 2. The Labute approximate surface area is 537 Å². The highest BCUT2D eigenvalue weighted by Crippen LogP contribution is 2.39. The van der Waals surface area contributed by atoms with Crippen molar-refractivity contribution in [2.45, 2.75) is 53.4 Å². The molecule has 0 saturated heterocycles. The monoisotopic (exact) mass is 1230 g/mol. The lowest BCUT2D eigenvalue weighted by Gasteiger charge is -2.24. The van der Waals surface area contributed by atoms with Crippen molar-refractivity contribution >= 4 is 94.5 Å². The zero-order valence-corrected chi connectivity index (χ0v) is 54.3. The molecule has 0 atom stereocenters. The van der Waals surface area contributed by atoms with Crippen LogP contribution in [0.2, 0.25) is 0 Å². The number of fused-ring (bicyclic) bond motifs is 1. The number of aliphatic imine (C=N–C) groups is 3. The standard InChI is InChI=1S/C30H25N2P.C28H27N2P.C23H25N2P/c1-4-12-24(13-5-1)23-31-30(32-27-21-20-25-14-10-11-15-26(25)22-27)33(28-16-6-2-7-17-28)29-18-8-3-9-19-29;1-22-13-12-14-23(2)27(22)30-28(29-21-24-15-6-3-7-16-24)31(25-17-8-4-9-18-25)26-19-10-5-11-20-26;1-19(2)25-23(24-18-20-12-6-3-7-13-20)26(21-14-8-4-9-15-21)22-16-10-5-11-17-22/h1-22H,23H2,(H,31,32);3-20H,21H2,1-2H3,(H,29,30);3-17,19H,18H2,1-2H3,(H,24,25). The van der Waals surface area contributed by atoms with Gasteiger partial charge in [-0.2, -0.15) is 0 Å². The van der Waals surface area contributed by atoms with Crippen LogP contribution in [0.3, 0.4) is 0 Å². The minimum absolute atomic E-state index is 0.335. The summed E-state index contributed by atoms with van der Waals surface area (Å²) in [7, 11) is -2.36. The van der Waals surface area contributed by atoms with Gasteiger partial charge in [0.15, 0.2) is 0 Å². The number of benzene rings is 12. The topological polar surface area (TPSA) is 73.2 Å². The molecular weight excluding hydrogens is 1150 g/mol. The summed E-state index contributed by atoms with van der Waals surface area (Å²) in [6.45, 7) is 10.6. The van der Waals surface area contributed by atoms with E-state index in [-0.39, 0.29) is 0 Å². The highest BCUT2D eigenvalue weighted by Gasteiger charge is 2.24. The van der Waals surface area contributed by atoms with E-state index < -0.39 is 23.8 Å². The molecule has 0 aliphatic rings. The SMILES string of the molecule is CC(C)NC(=NCc1ccccc1)P(c1ccccc1)c1ccccc1.Cc1cccc(C)c1NC(=NCc1ccccc1)P(c1ccccc1)c1ccccc1.c1ccc(CN=C(Nc2ccc3ccccc3c2)P(c2ccccc2)c2ccccc2)cc1. The fraction of sp³-hybridized carbons (Fsp3) is 0.0988. The first kappa shape index (κ1) is 63.6. The first-order valence-corrected chi connectivity index (χ1v) is 34.7. The number of aryl methyl sites for hydroxylation is 2. The molecule has 6 nitrogen and oxygen atoms in total. The van der Waals surface area contributed by atoms with E-state index in [1.165, 1.54) is 70.4 Å². The Balaban J connectivity index is 0.000000150. The third-order valence-corrected chi connectivity index (χ3v) is 21.6. The first-order chi connectivity index (χ1) is 44.3. The second-order valence-electron chi connectivity index (χ2n) is 21.8. The smallest absolute Gasteiger partial charge is 0.133 e. The van der Waals surface area contributed by atoms with E-state index in [1.807, 2.05) is 18.2 Å². The molecule has 0 unspecified atom stereocenters. The van der Waals surface area contributed by atoms with E-state index in [0.717, 1.165) is 28.1 Å². The normalized spacial score (nSPS) is 11.6. The minimum Gasteiger partial charge on any atom is -0.367 e. The maximum Gasteiger partial charge on any atom is 0.133 e. The van der Waals surface area contributed by atoms with Crippen LogP contribution in [-0.4, -0.2) is 22.8 Å². The van der Waals surface area contributed by atoms with Gasteiger partial charge in [0, 0.05) is 41.2 Å². The molecule has 0 heterocycles. The van der Waals surface area contributed by atoms with Crippen LogP contribution in [0, 0.1) is 13.8 Å². The van der Waals surface area contributed by atoms with E-state index in [4.69, 9.17) is 15.0 Å². The molecule has 0 aliphatic carbocycles. The van der Waals surface area contributed by atoms with E-state index in [1.54, 1.807) is 0 Å². The van der Waals surface area contributed by atoms with Crippen molar-refractivity contribution in [1.29, 1.82) is 0 Å². The van der Waals surface area contributed by atoms with Gasteiger partial charge in [0.25, 0.3) is 0 Å². The summed E-state index contributed by atoms with van der Waals surface area (Å²) >= 11 is 0. The fourth-order valence-electron chi connectivity index (χ4n) is 10.2. The lowest BCUT2D eigenvalue weighted by molar-refractivity contribution is 0.736. The molecular formula is C81H77N6P3. The molecule has 0 aliphatic heterocycles. The van der Waals surface area contributed by atoms with Gasteiger partial charge in [-0.15, -0.1) is 0 Å². The summed E-state index contributed by atoms with van der Waals surface area (Å²) in [5, 5.41) is 21.3. The Morgan fingerprint density at radius 2 is 0.589 bits per heavy atom. The maximum absolute atomic E-state index is 5.16. The van der Waals surface area contributed by atoms with Crippen molar-refractivity contribution in [3.8, 4) is 0 Å². The zero-order valence-electron chi connectivity index (χ0n) is 51.6. The highest BCUT2D eigenvalue weighted by atomic mass is 31.1. The van der Waals surface area contributed by atoms with Crippen molar-refractivity contribution in [1.82, 2.24) is 5.32 Å². The van der Waals surface area contributed by atoms with Gasteiger partial charge in [-0.3, -0.25) is 15.0 Å². The molecule has 12 aromatic rings. The number of hydrogen-bond acceptors (Lipinski definition) is 3. The molecule has 0 spiro atoms. The van der Waals surface area contributed by atoms with Crippen LogP contribution in [-0.2, 0) is 19.6 Å². The van der Waals surface area contributed by atoms with Gasteiger partial charge in [-0.1, -0.05) is 322 Å². The van der Waals surface area contributed by atoms with Crippen LogP contribution in [0.1, 0.15) is 41.7 Å². The quantitative estimate of drug-likeness (QED) is 0.0455. The average Bonchev–Trinajstić information content (AvgIpc) is 2.98. The Hall–Kier alpha value is -9.40. The molecule has 3 N–H and O–H groups in total. The molecule has 446 valence electrons. The van der Waals surface area contributed by atoms with Crippen molar-refractivity contribution in [2.24, 2.45) is 15.0 Å². The Morgan fingerprint density at radius 1 is 0.300 bits per heavy atom. The average molecular weight is 1230 g/mol. The molecule has 0 radical (unpaired) electrons. The maximum atomic E-state index is 5.16. The van der Waals surface area contributed by atoms with Gasteiger partial charge in [0.2, 0.25) is 0 Å². The van der Waals surface area contributed by atoms with Crippen molar-refractivity contribution in [3.05, 3.63) is 361 Å². The fourth-order valence-corrected chi connectivity index (χ4v) is 16.9. The summed E-state index contributed by atoms with van der Waals surface area (Å²) < 4.78 is 0. The second-order valence-corrected chi connectivity index (χ2v) is 28.2. The zero-order chi connectivity index (χ0) is 62.0. The van der Waals surface area contributed by atoms with E-state index in [2.05, 4.69) is 359 Å². The lowest BCUT2D eigenvalue weighted by atomic mass is 10.1. The first-order valence-electron chi connectivity index (χ1n) is 30.6. The van der Waals surface area contributed by atoms with Gasteiger partial charge in [-0.05, 0) is 110 Å². The van der Waals surface area contributed by atoms with E-state index in [9.17, 15) is 0 Å². The van der Waals surface area contributed by atoms with Gasteiger partial charge < -0.3 is 16.0 Å². The van der Waals surface area contributed by atoms with Gasteiger partial charge >= 0.3 is 0 Å². The van der Waals surface area contributed by atoms with Crippen LogP contribution >= 0.6 is 23.8 Å². The van der Waals surface area contributed by atoms with Crippen molar-refractivity contribution < 1.29 is 0 Å². The van der Waals surface area contributed by atoms with E-state index >= 15 is 0 Å². The van der Waals surface area contributed by atoms with Gasteiger partial charge in [0.05, 0.1) is 19.6 Å². The number of para-hydroxylation sites is 1. The molecule has 12 rings (SSSR count). The molecule has 9 heteroatoms. The van der Waals surface area contributed by atoms with Crippen molar-refractivity contribution in [2.75, 3.05) is 10.6 Å². The van der Waals surface area contributed by atoms with Crippen molar-refractivity contribution in [3.63, 3.8) is 0 Å². The molecule has 0 amide bonds. The lowest BCUT2D eigenvalue weighted by Crippen LogP contribution is -2.34. The predicted octanol–water partition coefficient (Wildman–Crippen LogP) is 18.0. The van der Waals surface area contributed by atoms with Crippen LogP contribution in [0.25, 0.3) is 10.8 Å². The third-order valence-electron chi connectivity index (χ3n) is 14.6. The second kappa shape index (κ2) is 33.8. The Kier molecular flexibility index (Phi) is 23.9. The third kappa shape index (κ3) is 18.6. The number of nitrogens with zero attached hydrogens (tertiary/aromatic N) is 3. The molecule has 0 saturated carbocycles. The predicted molar refractivity (Wildman–Crippen MR) is 395 cm³/mol. The number of rotatable bonds is 18. The summed E-state index contributed by atoms with van der Waals surface area (Å²) in [5.74, 6) is 0. The Morgan fingerprint density at radius 3 is 0.933 bits per heavy atom. The number of amidine groups is 3. The summed E-state index contributed by atoms with van der Waals surface area (Å²) in [4.78, 5) is 15.3. The minimum atomic E-state index is -0.839. The van der Waals surface area contributed by atoms with Gasteiger partial charge in [-0.25, -0.2) is 0 Å². The number of nitrogens with one attached hydrogen (secondary N) is 3. The molecule has 90 heavy (non-hydrogen) atoms. The van der Waals surface area contributed by atoms with Crippen LogP contribution in [0.15, 0.2) is 349 Å². The van der Waals surface area contributed by atoms with Gasteiger partial charge in [0.1, 0.15) is 16.7 Å². The summed E-state index contributed by atoms with van der Waals surface area (Å²) in [5.41, 5.74) is 11.4. The van der Waals surface area contributed by atoms with Crippen LogP contribution in [0.5, 0.6) is 0 Å². The molecule has 0 aromatic heterocycles. The Bertz CT molecular complexity index is 4020. The summed E-state index contributed by atoms with van der Waals surface area (Å²) in [6.07, 6.45) is 0.